The van der Waals surface area contributed by atoms with E-state index in [1.807, 2.05) is 6.92 Å². The third kappa shape index (κ3) is 4.43. The van der Waals surface area contributed by atoms with Crippen LogP contribution in [0.1, 0.15) is 46.0 Å². The molecule has 0 spiro atoms. The zero-order chi connectivity index (χ0) is 20.1. The third-order valence-electron chi connectivity index (χ3n) is 4.30. The van der Waals surface area contributed by atoms with Crippen LogP contribution in [-0.2, 0) is 6.42 Å². The quantitative estimate of drug-likeness (QED) is 0.298. The van der Waals surface area contributed by atoms with Gasteiger partial charge in [-0.3, -0.25) is 14.9 Å². The van der Waals surface area contributed by atoms with E-state index in [0.717, 1.165) is 17.7 Å². The first-order valence-electron chi connectivity index (χ1n) is 8.35. The summed E-state index contributed by atoms with van der Waals surface area (Å²) in [5.41, 5.74) is 4.58. The fraction of sp³-hybridized carbons (Fsp3) is 0.263. The van der Waals surface area contributed by atoms with Crippen LogP contribution >= 0.6 is 11.6 Å². The van der Waals surface area contributed by atoms with Gasteiger partial charge in [0.15, 0.2) is 5.78 Å². The van der Waals surface area contributed by atoms with Crippen LogP contribution in [-0.4, -0.2) is 21.8 Å². The van der Waals surface area contributed by atoms with E-state index in [4.69, 9.17) is 17.3 Å². The number of carbonyl (C=O) groups is 2. The van der Waals surface area contributed by atoms with Gasteiger partial charge in [0.2, 0.25) is 0 Å². The molecule has 0 amide bonds. The number of nitro benzene ring substituents is 1. The number of hydrogen-bond acceptors (Lipinski definition) is 5. The van der Waals surface area contributed by atoms with Crippen molar-refractivity contribution in [3.63, 3.8) is 0 Å². The molecule has 0 radical (unpaired) electrons. The molecule has 0 aliphatic rings. The van der Waals surface area contributed by atoms with Crippen molar-refractivity contribution in [2.75, 3.05) is 5.73 Å². The molecule has 0 heterocycles. The van der Waals surface area contributed by atoms with Crippen molar-refractivity contribution in [1.82, 2.24) is 0 Å². The Morgan fingerprint density at radius 2 is 1.93 bits per heavy atom. The third-order valence-corrected chi connectivity index (χ3v) is 4.67. The fourth-order valence-corrected chi connectivity index (χ4v) is 3.25. The smallest absolute Gasteiger partial charge is 0.336 e. The van der Waals surface area contributed by atoms with Gasteiger partial charge in [-0.1, -0.05) is 43.1 Å². The van der Waals surface area contributed by atoms with Gasteiger partial charge in [-0.25, -0.2) is 4.79 Å². The summed E-state index contributed by atoms with van der Waals surface area (Å²) in [5.74, 6) is -2.70. The minimum Gasteiger partial charge on any atom is -0.478 e. The summed E-state index contributed by atoms with van der Waals surface area (Å²) >= 11 is 6.17. The number of nitrogen functional groups attached to an aromatic ring is 1. The molecule has 3 N–H and O–H groups in total. The number of halogens is 1. The average molecular weight is 391 g/mol. The second-order valence-corrected chi connectivity index (χ2v) is 6.54. The Labute approximate surface area is 160 Å². The largest absolute Gasteiger partial charge is 0.478 e. The molecule has 0 fully saturated rings. The van der Waals surface area contributed by atoms with Gasteiger partial charge in [-0.15, -0.1) is 0 Å². The highest BCUT2D eigenvalue weighted by Gasteiger charge is 2.33. The average Bonchev–Trinajstić information content (AvgIpc) is 2.61. The van der Waals surface area contributed by atoms with Gasteiger partial charge in [0.05, 0.1) is 10.5 Å². The molecule has 142 valence electrons. The summed E-state index contributed by atoms with van der Waals surface area (Å²) in [6, 6.07) is 9.24. The van der Waals surface area contributed by atoms with E-state index in [1.165, 1.54) is 0 Å². The van der Waals surface area contributed by atoms with Crippen LogP contribution in [0.25, 0.3) is 0 Å². The zero-order valence-electron chi connectivity index (χ0n) is 14.6. The number of carboxylic acids is 1. The lowest BCUT2D eigenvalue weighted by atomic mass is 9.85. The Hall–Kier alpha value is -2.93. The molecule has 0 saturated heterocycles. The second-order valence-electron chi connectivity index (χ2n) is 6.13. The molecule has 1 atom stereocenters. The van der Waals surface area contributed by atoms with E-state index in [9.17, 15) is 24.8 Å². The van der Waals surface area contributed by atoms with Gasteiger partial charge >= 0.3 is 11.7 Å². The van der Waals surface area contributed by atoms with Crippen LogP contribution in [0.15, 0.2) is 36.4 Å². The summed E-state index contributed by atoms with van der Waals surface area (Å²) in [7, 11) is 0. The normalized spacial score (nSPS) is 11.8. The topological polar surface area (TPSA) is 124 Å². The van der Waals surface area contributed by atoms with Crippen molar-refractivity contribution in [2.24, 2.45) is 5.92 Å². The molecule has 7 nitrogen and oxygen atoms in total. The summed E-state index contributed by atoms with van der Waals surface area (Å²) in [4.78, 5) is 35.4. The van der Waals surface area contributed by atoms with Gasteiger partial charge in [-0.05, 0) is 36.6 Å². The van der Waals surface area contributed by atoms with E-state index < -0.39 is 39.4 Å². The molecule has 8 heteroatoms. The molecule has 0 saturated carbocycles. The van der Waals surface area contributed by atoms with Crippen LogP contribution in [0.4, 0.5) is 11.4 Å². The van der Waals surface area contributed by atoms with E-state index in [0.29, 0.717) is 17.9 Å². The molecule has 2 aromatic carbocycles. The maximum atomic E-state index is 13.2. The monoisotopic (exact) mass is 390 g/mol. The number of Topliss-reactive ketones (excluding diaryl/α,β-unsaturated/α-hetero) is 1. The number of hydrogen-bond donors (Lipinski definition) is 2. The molecular weight excluding hydrogens is 372 g/mol. The van der Waals surface area contributed by atoms with Gasteiger partial charge in [-0.2, -0.15) is 0 Å². The van der Waals surface area contributed by atoms with Crippen molar-refractivity contribution >= 4 is 34.7 Å². The maximum absolute atomic E-state index is 13.2. The SMILES string of the molecule is CCCC(Cc1ccccc1Cl)C(=O)c1c(C(=O)O)ccc(N)c1[N+](=O)[O-]. The Morgan fingerprint density at radius 1 is 1.26 bits per heavy atom. The summed E-state index contributed by atoms with van der Waals surface area (Å²) in [5, 5.41) is 21.4. The number of carbonyl (C=O) groups excluding carboxylic acids is 1. The van der Waals surface area contributed by atoms with Gasteiger partial charge in [0.1, 0.15) is 11.3 Å². The molecule has 0 aliphatic heterocycles. The minimum atomic E-state index is -1.42. The molecule has 2 rings (SSSR count). The Morgan fingerprint density at radius 3 is 2.48 bits per heavy atom. The molecule has 0 aromatic heterocycles. The number of nitro groups is 1. The molecule has 2 aromatic rings. The first-order valence-corrected chi connectivity index (χ1v) is 8.73. The Kier molecular flexibility index (Phi) is 6.52. The first-order chi connectivity index (χ1) is 12.8. The van der Waals surface area contributed by atoms with E-state index in [-0.39, 0.29) is 12.1 Å². The van der Waals surface area contributed by atoms with Crippen molar-refractivity contribution in [2.45, 2.75) is 26.2 Å². The van der Waals surface area contributed by atoms with Gasteiger partial charge in [0.25, 0.3) is 0 Å². The van der Waals surface area contributed by atoms with Gasteiger partial charge < -0.3 is 10.8 Å². The second kappa shape index (κ2) is 8.64. The van der Waals surface area contributed by atoms with E-state index in [1.54, 1.807) is 24.3 Å². The Balaban J connectivity index is 2.58. The summed E-state index contributed by atoms with van der Waals surface area (Å²) in [6.07, 6.45) is 1.31. The Bertz CT molecular complexity index is 898. The highest BCUT2D eigenvalue weighted by molar-refractivity contribution is 6.31. The predicted molar refractivity (Wildman–Crippen MR) is 102 cm³/mol. The summed E-state index contributed by atoms with van der Waals surface area (Å²) in [6.45, 7) is 1.87. The van der Waals surface area contributed by atoms with Crippen LogP contribution in [0, 0.1) is 16.0 Å². The zero-order valence-corrected chi connectivity index (χ0v) is 15.4. The van der Waals surface area contributed by atoms with E-state index in [2.05, 4.69) is 0 Å². The lowest BCUT2D eigenvalue weighted by Gasteiger charge is -2.17. The number of benzene rings is 2. The predicted octanol–water partition coefficient (Wildman–Crippen LogP) is 4.37. The highest BCUT2D eigenvalue weighted by Crippen LogP contribution is 2.34. The standard InChI is InChI=1S/C19H19ClN2O5/c1-2-5-12(10-11-6-3-4-7-14(11)20)18(23)16-13(19(24)25)8-9-15(21)17(16)22(26)27/h3-4,6-9,12H,2,5,10,21H2,1H3,(H,24,25). The highest BCUT2D eigenvalue weighted by atomic mass is 35.5. The minimum absolute atomic E-state index is 0.247. The van der Waals surface area contributed by atoms with Crippen molar-refractivity contribution < 1.29 is 19.6 Å². The lowest BCUT2D eigenvalue weighted by Crippen LogP contribution is -2.22. The number of ketones is 1. The lowest BCUT2D eigenvalue weighted by molar-refractivity contribution is -0.384. The number of rotatable bonds is 8. The van der Waals surface area contributed by atoms with Crippen molar-refractivity contribution in [3.8, 4) is 0 Å². The number of anilines is 1. The first kappa shape index (κ1) is 20.4. The molecule has 1 unspecified atom stereocenters. The number of nitrogens with zero attached hydrogens (tertiary/aromatic N) is 1. The number of carboxylic acid groups (broad SMARTS) is 1. The van der Waals surface area contributed by atoms with Crippen LogP contribution in [0.3, 0.4) is 0 Å². The number of aromatic carboxylic acids is 1. The molecule has 0 aliphatic carbocycles. The van der Waals surface area contributed by atoms with Crippen LogP contribution in [0.5, 0.6) is 0 Å². The molecule has 0 bridgehead atoms. The molecular formula is C19H19ClN2O5. The van der Waals surface area contributed by atoms with Crippen LogP contribution < -0.4 is 5.73 Å². The van der Waals surface area contributed by atoms with Gasteiger partial charge in [0, 0.05) is 10.9 Å². The van der Waals surface area contributed by atoms with E-state index >= 15 is 0 Å². The number of nitrogens with two attached hydrogens (primary N) is 1. The van der Waals surface area contributed by atoms with Crippen LogP contribution in [0.2, 0.25) is 5.02 Å². The maximum Gasteiger partial charge on any atom is 0.336 e. The fourth-order valence-electron chi connectivity index (χ4n) is 3.04. The van der Waals surface area contributed by atoms with Crippen molar-refractivity contribution in [3.05, 3.63) is 68.2 Å². The van der Waals surface area contributed by atoms with Crippen molar-refractivity contribution in [1.29, 1.82) is 0 Å². The molecule has 27 heavy (non-hydrogen) atoms. The summed E-state index contributed by atoms with van der Waals surface area (Å²) < 4.78 is 0.